The summed E-state index contributed by atoms with van der Waals surface area (Å²) in [6, 6.07) is 5.05. The maximum Gasteiger partial charge on any atom is 0.146 e. The zero-order valence-electron chi connectivity index (χ0n) is 11.3. The number of aliphatic hydroxyl groups excluding tert-OH is 2. The van der Waals surface area contributed by atoms with Gasteiger partial charge >= 0.3 is 0 Å². The lowest BCUT2D eigenvalue weighted by Gasteiger charge is -2.33. The van der Waals surface area contributed by atoms with E-state index in [0.717, 1.165) is 25.7 Å². The minimum Gasteiger partial charge on any atom is -0.395 e. The van der Waals surface area contributed by atoms with Gasteiger partial charge in [-0.05, 0) is 25.8 Å². The van der Waals surface area contributed by atoms with E-state index >= 15 is 0 Å². The van der Waals surface area contributed by atoms with Crippen molar-refractivity contribution < 1.29 is 14.6 Å². The van der Waals surface area contributed by atoms with Crippen LogP contribution in [0.4, 0.5) is 10.1 Å². The van der Waals surface area contributed by atoms with Crippen LogP contribution in [0, 0.1) is 5.82 Å². The molecule has 1 fully saturated rings. The summed E-state index contributed by atoms with van der Waals surface area (Å²) >= 11 is 0. The molecule has 0 radical (unpaired) electrons. The number of halogens is 1. The molecule has 0 heterocycles. The molecule has 2 rings (SSSR count). The first-order valence-electron chi connectivity index (χ1n) is 6.99. The number of hydrogen-bond donors (Lipinski definition) is 2. The highest BCUT2D eigenvalue weighted by molar-refractivity contribution is 5.56. The minimum absolute atomic E-state index is 0.00984. The molecular weight excluding hydrogens is 245 g/mol. The zero-order valence-corrected chi connectivity index (χ0v) is 11.3. The van der Waals surface area contributed by atoms with Crippen LogP contribution in [-0.4, -0.2) is 29.4 Å². The van der Waals surface area contributed by atoms with Crippen molar-refractivity contribution in [1.82, 2.24) is 0 Å². The molecule has 106 valence electrons. The van der Waals surface area contributed by atoms with Crippen LogP contribution in [-0.2, 0) is 0 Å². The number of aliphatic hydroxyl groups is 2. The van der Waals surface area contributed by atoms with E-state index in [1.165, 1.54) is 6.07 Å². The van der Waals surface area contributed by atoms with Crippen molar-refractivity contribution >= 4 is 5.69 Å². The predicted molar refractivity (Wildman–Crippen MR) is 73.7 cm³/mol. The van der Waals surface area contributed by atoms with E-state index in [1.807, 2.05) is 4.90 Å². The molecule has 1 unspecified atom stereocenters. The largest absolute Gasteiger partial charge is 0.395 e. The molecule has 0 aliphatic heterocycles. The highest BCUT2D eigenvalue weighted by Crippen LogP contribution is 2.34. The van der Waals surface area contributed by atoms with E-state index < -0.39 is 6.10 Å². The van der Waals surface area contributed by atoms with Gasteiger partial charge in [0.2, 0.25) is 0 Å². The molecule has 19 heavy (non-hydrogen) atoms. The third-order valence-corrected chi connectivity index (χ3v) is 3.86. The third kappa shape index (κ3) is 3.07. The molecule has 1 atom stereocenters. The Morgan fingerprint density at radius 3 is 2.63 bits per heavy atom. The summed E-state index contributed by atoms with van der Waals surface area (Å²) < 4.78 is 14.2. The molecule has 0 amide bonds. The van der Waals surface area contributed by atoms with Gasteiger partial charge in [-0.3, -0.25) is 0 Å². The number of para-hydroxylation sites is 1. The topological polar surface area (TPSA) is 43.7 Å². The van der Waals surface area contributed by atoms with Gasteiger partial charge in [-0.2, -0.15) is 0 Å². The predicted octanol–water partition coefficient (Wildman–Crippen LogP) is 2.62. The second-order valence-electron chi connectivity index (χ2n) is 5.21. The van der Waals surface area contributed by atoms with Crippen molar-refractivity contribution in [2.24, 2.45) is 0 Å². The van der Waals surface area contributed by atoms with Gasteiger partial charge in [-0.25, -0.2) is 4.39 Å². The quantitative estimate of drug-likeness (QED) is 0.862. The van der Waals surface area contributed by atoms with Gasteiger partial charge in [-0.1, -0.05) is 25.0 Å². The molecule has 2 N–H and O–H groups in total. The zero-order chi connectivity index (χ0) is 13.8. The van der Waals surface area contributed by atoms with Gasteiger partial charge < -0.3 is 15.1 Å². The highest BCUT2D eigenvalue weighted by Gasteiger charge is 2.27. The van der Waals surface area contributed by atoms with Crippen molar-refractivity contribution in [1.29, 1.82) is 0 Å². The van der Waals surface area contributed by atoms with Crippen LogP contribution >= 0.6 is 0 Å². The summed E-state index contributed by atoms with van der Waals surface area (Å²) in [4.78, 5) is 1.93. The molecule has 3 nitrogen and oxygen atoms in total. The molecule has 0 aromatic heterocycles. The Morgan fingerprint density at radius 2 is 2.05 bits per heavy atom. The van der Waals surface area contributed by atoms with E-state index in [9.17, 15) is 14.6 Å². The van der Waals surface area contributed by atoms with E-state index in [1.54, 1.807) is 19.1 Å². The molecule has 1 aliphatic rings. The SMILES string of the molecule is CC(O)c1cccc(F)c1N(CCO)C1CCCC1. The third-order valence-electron chi connectivity index (χ3n) is 3.86. The Balaban J connectivity index is 2.39. The first-order valence-corrected chi connectivity index (χ1v) is 6.99. The first-order chi connectivity index (χ1) is 9.15. The fourth-order valence-corrected chi connectivity index (χ4v) is 2.97. The Bertz CT molecular complexity index is 417. The van der Waals surface area contributed by atoms with Crippen LogP contribution in [0.2, 0.25) is 0 Å². The van der Waals surface area contributed by atoms with Crippen molar-refractivity contribution in [2.75, 3.05) is 18.1 Å². The van der Waals surface area contributed by atoms with Crippen molar-refractivity contribution in [3.63, 3.8) is 0 Å². The Hall–Kier alpha value is -1.13. The smallest absolute Gasteiger partial charge is 0.146 e. The lowest BCUT2D eigenvalue weighted by atomic mass is 10.0. The van der Waals surface area contributed by atoms with Crippen LogP contribution in [0.1, 0.15) is 44.3 Å². The molecule has 4 heteroatoms. The maximum absolute atomic E-state index is 14.2. The number of rotatable bonds is 5. The second kappa shape index (κ2) is 6.35. The van der Waals surface area contributed by atoms with Crippen molar-refractivity contribution in [3.05, 3.63) is 29.6 Å². The van der Waals surface area contributed by atoms with Crippen LogP contribution in [0.15, 0.2) is 18.2 Å². The monoisotopic (exact) mass is 267 g/mol. The number of anilines is 1. The first kappa shape index (κ1) is 14.3. The van der Waals surface area contributed by atoms with Crippen molar-refractivity contribution in [2.45, 2.75) is 44.8 Å². The van der Waals surface area contributed by atoms with E-state index in [0.29, 0.717) is 17.8 Å². The number of hydrogen-bond acceptors (Lipinski definition) is 3. The average Bonchev–Trinajstić information content (AvgIpc) is 2.89. The molecule has 0 bridgehead atoms. The molecule has 0 spiro atoms. The Morgan fingerprint density at radius 1 is 1.37 bits per heavy atom. The van der Waals surface area contributed by atoms with E-state index in [4.69, 9.17) is 0 Å². The minimum atomic E-state index is -0.715. The normalized spacial score (nSPS) is 17.7. The van der Waals surface area contributed by atoms with Gasteiger partial charge in [-0.15, -0.1) is 0 Å². The Labute approximate surface area is 113 Å². The van der Waals surface area contributed by atoms with Crippen LogP contribution in [0.25, 0.3) is 0 Å². The summed E-state index contributed by atoms with van der Waals surface area (Å²) in [5.74, 6) is -0.321. The average molecular weight is 267 g/mol. The summed E-state index contributed by atoms with van der Waals surface area (Å²) in [5.41, 5.74) is 1.05. The van der Waals surface area contributed by atoms with Gasteiger partial charge in [0.15, 0.2) is 0 Å². The van der Waals surface area contributed by atoms with E-state index in [-0.39, 0.29) is 18.5 Å². The van der Waals surface area contributed by atoms with Crippen LogP contribution in [0.5, 0.6) is 0 Å². The summed E-state index contributed by atoms with van der Waals surface area (Å²) in [6.45, 7) is 2.04. The van der Waals surface area contributed by atoms with Gasteiger partial charge in [0, 0.05) is 18.2 Å². The molecule has 1 aromatic carbocycles. The highest BCUT2D eigenvalue weighted by atomic mass is 19.1. The Kier molecular flexibility index (Phi) is 4.77. The fraction of sp³-hybridized carbons (Fsp3) is 0.600. The standard InChI is InChI=1S/C15H22FNO2/c1-11(19)13-7-4-8-14(16)15(13)17(9-10-18)12-5-2-3-6-12/h4,7-8,11-12,18-19H,2-3,5-6,9-10H2,1H3. The molecular formula is C15H22FNO2. The molecule has 1 aromatic rings. The fourth-order valence-electron chi connectivity index (χ4n) is 2.97. The van der Waals surface area contributed by atoms with Crippen LogP contribution < -0.4 is 4.90 Å². The lowest BCUT2D eigenvalue weighted by Crippen LogP contribution is -2.37. The van der Waals surface area contributed by atoms with Gasteiger partial charge in [0.1, 0.15) is 5.82 Å². The summed E-state index contributed by atoms with van der Waals surface area (Å²) in [5, 5.41) is 19.1. The van der Waals surface area contributed by atoms with E-state index in [2.05, 4.69) is 0 Å². The lowest BCUT2D eigenvalue weighted by molar-refractivity contribution is 0.198. The van der Waals surface area contributed by atoms with Crippen LogP contribution in [0.3, 0.4) is 0 Å². The molecule has 1 aliphatic carbocycles. The maximum atomic E-state index is 14.2. The molecule has 1 saturated carbocycles. The van der Waals surface area contributed by atoms with Crippen molar-refractivity contribution in [3.8, 4) is 0 Å². The van der Waals surface area contributed by atoms with Gasteiger partial charge in [0.05, 0.1) is 18.4 Å². The number of nitrogens with zero attached hydrogens (tertiary/aromatic N) is 1. The van der Waals surface area contributed by atoms with Gasteiger partial charge in [0.25, 0.3) is 0 Å². The second-order valence-corrected chi connectivity index (χ2v) is 5.21. The summed E-state index contributed by atoms with van der Waals surface area (Å²) in [7, 11) is 0. The number of benzene rings is 1. The summed E-state index contributed by atoms with van der Waals surface area (Å²) in [6.07, 6.45) is 3.62. The molecule has 0 saturated heterocycles.